The van der Waals surface area contributed by atoms with Crippen LogP contribution in [0.3, 0.4) is 0 Å². The number of aliphatic carboxylic acids is 1. The Morgan fingerprint density at radius 2 is 2.07 bits per heavy atom. The van der Waals surface area contributed by atoms with Crippen molar-refractivity contribution in [1.82, 2.24) is 0 Å². The van der Waals surface area contributed by atoms with E-state index in [0.717, 1.165) is 25.7 Å². The predicted molar refractivity (Wildman–Crippen MR) is 55.7 cm³/mol. The van der Waals surface area contributed by atoms with E-state index in [1.165, 1.54) is 10.8 Å². The zero-order chi connectivity index (χ0) is 9.68. The maximum absolute atomic E-state index is 10.2. The average Bonchev–Trinajstić information content (AvgIpc) is 2.45. The van der Waals surface area contributed by atoms with Crippen molar-refractivity contribution in [2.45, 2.75) is 42.8 Å². The Balaban J connectivity index is 0.00000169. The number of rotatable bonds is 5. The van der Waals surface area contributed by atoms with Crippen LogP contribution in [0.5, 0.6) is 0 Å². The number of carboxylic acid groups (broad SMARTS) is 1. The van der Waals surface area contributed by atoms with Crippen LogP contribution >= 0.6 is 21.6 Å². The van der Waals surface area contributed by atoms with Crippen molar-refractivity contribution in [2.24, 2.45) is 0 Å². The van der Waals surface area contributed by atoms with Crippen LogP contribution in [0.15, 0.2) is 0 Å². The van der Waals surface area contributed by atoms with Gasteiger partial charge < -0.3 is 10.2 Å². The van der Waals surface area contributed by atoms with E-state index in [4.69, 9.17) is 5.11 Å². The van der Waals surface area contributed by atoms with Crippen LogP contribution in [0.2, 0.25) is 0 Å². The summed E-state index contributed by atoms with van der Waals surface area (Å²) in [6.45, 7) is 0. The quantitative estimate of drug-likeness (QED) is 0.498. The summed E-state index contributed by atoms with van der Waals surface area (Å²) in [7, 11) is 3.25. The van der Waals surface area contributed by atoms with Gasteiger partial charge in [0.15, 0.2) is 0 Å². The second-order valence-corrected chi connectivity index (χ2v) is 5.89. The molecule has 0 aromatic heterocycles. The van der Waals surface area contributed by atoms with Crippen LogP contribution in [-0.2, 0) is 4.79 Å². The van der Waals surface area contributed by atoms with E-state index in [1.807, 2.05) is 0 Å². The molecule has 1 fully saturated rings. The molecule has 1 heterocycles. The van der Waals surface area contributed by atoms with Gasteiger partial charge in [-0.1, -0.05) is 28.0 Å². The largest absolute Gasteiger partial charge is 0.481 e. The molecule has 0 bridgehead atoms. The summed E-state index contributed by atoms with van der Waals surface area (Å²) in [4.78, 5) is 10.2. The van der Waals surface area contributed by atoms with E-state index in [0.29, 0.717) is 5.25 Å². The van der Waals surface area contributed by atoms with E-state index >= 15 is 0 Å². The summed E-state index contributed by atoms with van der Waals surface area (Å²) < 4.78 is 0. The molecule has 6 heteroatoms. The van der Waals surface area contributed by atoms with Crippen LogP contribution in [-0.4, -0.2) is 26.9 Å². The summed E-state index contributed by atoms with van der Waals surface area (Å²) in [6, 6.07) is 0. The molecule has 0 saturated carbocycles. The van der Waals surface area contributed by atoms with E-state index in [1.54, 1.807) is 10.8 Å². The molecule has 79 valence electrons. The molecular formula is C8H14AcO3S2. The number of hydrogen-bond acceptors (Lipinski definition) is 4. The molecule has 0 aromatic carbocycles. The number of aliphatic hydroxyl groups is 1. The molecule has 1 aliphatic rings. The number of carbonyl (C=O) groups is 1. The molecular weight excluding hydrogens is 435 g/mol. The first-order valence-electron chi connectivity index (χ1n) is 4.40. The number of unbranched alkanes of at least 4 members (excludes halogenated alkanes) is 1. The molecule has 2 unspecified atom stereocenters. The van der Waals surface area contributed by atoms with Crippen molar-refractivity contribution in [2.75, 3.05) is 0 Å². The van der Waals surface area contributed by atoms with Gasteiger partial charge in [-0.3, -0.25) is 4.79 Å². The van der Waals surface area contributed by atoms with Gasteiger partial charge in [-0.25, -0.2) is 0 Å². The first-order valence-corrected chi connectivity index (χ1v) is 6.68. The predicted octanol–water partition coefficient (Wildman–Crippen LogP) is 2.10. The Labute approximate surface area is 128 Å². The fourth-order valence-electron chi connectivity index (χ4n) is 1.26. The van der Waals surface area contributed by atoms with Crippen molar-refractivity contribution < 1.29 is 59.1 Å². The molecule has 2 N–H and O–H groups in total. The summed E-state index contributed by atoms with van der Waals surface area (Å²) in [5.74, 6) is -0.714. The standard InChI is InChI=1S/C8H14O3S2.Ac/c9-7(10)4-2-1-3-6-5-8(11)13-12-6;/h6,8,11H,1-5H2,(H,9,10);. The van der Waals surface area contributed by atoms with Crippen LogP contribution in [0.4, 0.5) is 0 Å². The summed E-state index contributed by atoms with van der Waals surface area (Å²) in [5, 5.41) is 18.1. The van der Waals surface area contributed by atoms with E-state index < -0.39 is 5.97 Å². The van der Waals surface area contributed by atoms with Crippen molar-refractivity contribution in [3.63, 3.8) is 0 Å². The minimum atomic E-state index is -0.714. The van der Waals surface area contributed by atoms with Crippen molar-refractivity contribution in [1.29, 1.82) is 0 Å². The van der Waals surface area contributed by atoms with Gasteiger partial charge in [-0.15, -0.1) is 0 Å². The monoisotopic (exact) mass is 449 g/mol. The third-order valence-corrected chi connectivity index (χ3v) is 4.98. The van der Waals surface area contributed by atoms with Crippen molar-refractivity contribution in [3.05, 3.63) is 0 Å². The third kappa shape index (κ3) is 6.95. The molecule has 2 atom stereocenters. The second-order valence-electron chi connectivity index (χ2n) is 3.14. The molecule has 0 aromatic rings. The maximum Gasteiger partial charge on any atom is 0.303 e. The molecule has 0 spiro atoms. The van der Waals surface area contributed by atoms with Gasteiger partial charge in [0.2, 0.25) is 0 Å². The number of aliphatic hydroxyl groups excluding tert-OH is 1. The molecule has 1 saturated heterocycles. The first-order chi connectivity index (χ1) is 6.18. The Kier molecular flexibility index (Phi) is 9.67. The van der Waals surface area contributed by atoms with Gasteiger partial charge in [0, 0.05) is 55.7 Å². The Morgan fingerprint density at radius 3 is 2.57 bits per heavy atom. The van der Waals surface area contributed by atoms with Crippen molar-refractivity contribution in [3.8, 4) is 0 Å². The number of hydrogen-bond donors (Lipinski definition) is 2. The normalized spacial score (nSPS) is 25.8. The summed E-state index contributed by atoms with van der Waals surface area (Å²) >= 11 is 0. The van der Waals surface area contributed by atoms with Gasteiger partial charge in [-0.2, -0.15) is 0 Å². The van der Waals surface area contributed by atoms with Crippen LogP contribution < -0.4 is 0 Å². The van der Waals surface area contributed by atoms with Gasteiger partial charge in [0.1, 0.15) is 5.44 Å². The van der Waals surface area contributed by atoms with Gasteiger partial charge in [0.25, 0.3) is 0 Å². The zero-order valence-electron chi connectivity index (χ0n) is 7.89. The molecule has 1 radical (unpaired) electrons. The van der Waals surface area contributed by atoms with E-state index in [-0.39, 0.29) is 55.9 Å². The fourth-order valence-corrected chi connectivity index (χ4v) is 4.12. The molecule has 1 rings (SSSR count). The number of carboxylic acids is 1. The van der Waals surface area contributed by atoms with Gasteiger partial charge >= 0.3 is 5.97 Å². The second kappa shape index (κ2) is 8.69. The Bertz CT molecular complexity index is 180. The smallest absolute Gasteiger partial charge is 0.303 e. The maximum atomic E-state index is 10.2. The average molecular weight is 449 g/mol. The molecule has 14 heavy (non-hydrogen) atoms. The van der Waals surface area contributed by atoms with Crippen molar-refractivity contribution >= 4 is 27.6 Å². The summed E-state index contributed by atoms with van der Waals surface area (Å²) in [6.07, 6.45) is 3.86. The Hall–Kier alpha value is 1.57. The topological polar surface area (TPSA) is 57.5 Å². The van der Waals surface area contributed by atoms with Crippen LogP contribution in [0.1, 0.15) is 32.1 Å². The SMILES string of the molecule is O=C(O)CCCCC1CC(O)SS1.[Ac]. The van der Waals surface area contributed by atoms with Crippen LogP contribution in [0.25, 0.3) is 0 Å². The Morgan fingerprint density at radius 1 is 1.36 bits per heavy atom. The molecule has 3 nitrogen and oxygen atoms in total. The zero-order valence-corrected chi connectivity index (χ0v) is 14.3. The fraction of sp³-hybridized carbons (Fsp3) is 0.875. The molecule has 0 amide bonds. The molecule has 0 aliphatic carbocycles. The third-order valence-electron chi connectivity index (χ3n) is 1.93. The van der Waals surface area contributed by atoms with Gasteiger partial charge in [0.05, 0.1) is 0 Å². The van der Waals surface area contributed by atoms with Crippen LogP contribution in [0, 0.1) is 44.1 Å². The van der Waals surface area contributed by atoms with Gasteiger partial charge in [-0.05, 0) is 19.3 Å². The first kappa shape index (κ1) is 15.6. The molecule has 1 aliphatic heterocycles. The van der Waals surface area contributed by atoms with E-state index in [9.17, 15) is 9.90 Å². The minimum absolute atomic E-state index is 0. The van der Waals surface area contributed by atoms with E-state index in [2.05, 4.69) is 0 Å². The minimum Gasteiger partial charge on any atom is -0.481 e. The summed E-state index contributed by atoms with van der Waals surface area (Å²) in [5.41, 5.74) is -0.213.